The van der Waals surface area contributed by atoms with E-state index in [1.54, 1.807) is 17.4 Å². The first-order chi connectivity index (χ1) is 9.60. The van der Waals surface area contributed by atoms with Crippen LogP contribution in [0.3, 0.4) is 0 Å². The van der Waals surface area contributed by atoms with Gasteiger partial charge in [-0.25, -0.2) is 4.79 Å². The van der Waals surface area contributed by atoms with Gasteiger partial charge >= 0.3 is 5.97 Å². The number of halogens is 1. The first-order valence-electron chi connectivity index (χ1n) is 5.96. The molecule has 0 saturated heterocycles. The van der Waals surface area contributed by atoms with Crippen molar-refractivity contribution in [3.63, 3.8) is 0 Å². The number of carboxylic acid groups (broad SMARTS) is 1. The van der Waals surface area contributed by atoms with Crippen molar-refractivity contribution < 1.29 is 19.4 Å². The zero-order chi connectivity index (χ0) is 14.5. The summed E-state index contributed by atoms with van der Waals surface area (Å²) in [6.45, 7) is 2.71. The molecule has 6 heteroatoms. The van der Waals surface area contributed by atoms with Gasteiger partial charge in [0.2, 0.25) is 0 Å². The lowest BCUT2D eigenvalue weighted by Crippen LogP contribution is -2.02. The van der Waals surface area contributed by atoms with Gasteiger partial charge in [-0.05, 0) is 47.1 Å². The predicted octanol–water partition coefficient (Wildman–Crippen LogP) is 4.19. The van der Waals surface area contributed by atoms with Crippen LogP contribution in [-0.2, 0) is 6.61 Å². The monoisotopic (exact) mass is 356 g/mol. The summed E-state index contributed by atoms with van der Waals surface area (Å²) in [5.41, 5.74) is 0.180. The normalized spacial score (nSPS) is 10.3. The molecule has 106 valence electrons. The van der Waals surface area contributed by atoms with Crippen LogP contribution in [0, 0.1) is 0 Å². The Bertz CT molecular complexity index is 609. The molecule has 0 aliphatic carbocycles. The third kappa shape index (κ3) is 3.74. The Balaban J connectivity index is 2.15. The SMILES string of the molecule is CCOc1cc(C(=O)O)ccc1OCc1cc(Br)cs1. The van der Waals surface area contributed by atoms with E-state index in [0.717, 1.165) is 9.35 Å². The lowest BCUT2D eigenvalue weighted by molar-refractivity contribution is 0.0696. The molecule has 4 nitrogen and oxygen atoms in total. The van der Waals surface area contributed by atoms with E-state index >= 15 is 0 Å². The number of thiophene rings is 1. The van der Waals surface area contributed by atoms with Gasteiger partial charge in [-0.1, -0.05) is 0 Å². The standard InChI is InChI=1S/C14H13BrO4S/c1-2-18-13-5-9(14(16)17)3-4-12(13)19-7-11-6-10(15)8-20-11/h3-6,8H,2,7H2,1H3,(H,16,17). The number of rotatable bonds is 6. The van der Waals surface area contributed by atoms with Gasteiger partial charge in [-0.2, -0.15) is 0 Å². The molecule has 0 spiro atoms. The first-order valence-corrected chi connectivity index (χ1v) is 7.63. The maximum absolute atomic E-state index is 11.0. The van der Waals surface area contributed by atoms with E-state index < -0.39 is 5.97 Å². The molecule has 0 aliphatic heterocycles. The molecular formula is C14H13BrO4S. The van der Waals surface area contributed by atoms with E-state index in [4.69, 9.17) is 14.6 Å². The van der Waals surface area contributed by atoms with E-state index in [-0.39, 0.29) is 5.56 Å². The molecule has 0 radical (unpaired) electrons. The van der Waals surface area contributed by atoms with Crippen molar-refractivity contribution in [2.45, 2.75) is 13.5 Å². The maximum atomic E-state index is 11.0. The van der Waals surface area contributed by atoms with Crippen molar-refractivity contribution in [1.29, 1.82) is 0 Å². The zero-order valence-corrected chi connectivity index (χ0v) is 13.2. The number of benzene rings is 1. The molecule has 0 atom stereocenters. The Morgan fingerprint density at radius 1 is 1.30 bits per heavy atom. The number of carbonyl (C=O) groups is 1. The molecule has 0 fully saturated rings. The molecule has 1 aromatic carbocycles. The first kappa shape index (κ1) is 14.9. The molecule has 0 unspecified atom stereocenters. The van der Waals surface area contributed by atoms with Crippen LogP contribution in [0.5, 0.6) is 11.5 Å². The van der Waals surface area contributed by atoms with Gasteiger partial charge in [-0.3, -0.25) is 0 Å². The van der Waals surface area contributed by atoms with Crippen molar-refractivity contribution in [2.24, 2.45) is 0 Å². The van der Waals surface area contributed by atoms with Crippen LogP contribution in [0.1, 0.15) is 22.2 Å². The molecule has 2 aromatic rings. The second kappa shape index (κ2) is 6.76. The van der Waals surface area contributed by atoms with Crippen LogP contribution in [0.15, 0.2) is 34.1 Å². The second-order valence-electron chi connectivity index (χ2n) is 3.92. The highest BCUT2D eigenvalue weighted by Gasteiger charge is 2.11. The highest BCUT2D eigenvalue weighted by Crippen LogP contribution is 2.30. The van der Waals surface area contributed by atoms with Gasteiger partial charge in [0.25, 0.3) is 0 Å². The van der Waals surface area contributed by atoms with Gasteiger partial charge < -0.3 is 14.6 Å². The minimum absolute atomic E-state index is 0.180. The molecule has 1 aromatic heterocycles. The Labute approximate surface area is 129 Å². The van der Waals surface area contributed by atoms with Crippen molar-refractivity contribution in [2.75, 3.05) is 6.61 Å². The fourth-order valence-electron chi connectivity index (χ4n) is 1.61. The summed E-state index contributed by atoms with van der Waals surface area (Å²) < 4.78 is 12.1. The van der Waals surface area contributed by atoms with Crippen molar-refractivity contribution in [3.05, 3.63) is 44.6 Å². The van der Waals surface area contributed by atoms with Gasteiger partial charge in [-0.15, -0.1) is 11.3 Å². The average Bonchev–Trinajstić information content (AvgIpc) is 2.83. The highest BCUT2D eigenvalue weighted by molar-refractivity contribution is 9.10. The van der Waals surface area contributed by atoms with Crippen molar-refractivity contribution >= 4 is 33.2 Å². The lowest BCUT2D eigenvalue weighted by Gasteiger charge is -2.11. The number of aromatic carboxylic acids is 1. The average molecular weight is 357 g/mol. The van der Waals surface area contributed by atoms with Crippen molar-refractivity contribution in [3.8, 4) is 11.5 Å². The lowest BCUT2D eigenvalue weighted by atomic mass is 10.2. The van der Waals surface area contributed by atoms with Gasteiger partial charge in [0.05, 0.1) is 12.2 Å². The van der Waals surface area contributed by atoms with E-state index in [1.807, 2.05) is 18.4 Å². The number of hydrogen-bond acceptors (Lipinski definition) is 4. The molecule has 0 aliphatic rings. The second-order valence-corrected chi connectivity index (χ2v) is 5.83. The number of carboxylic acids is 1. The summed E-state index contributed by atoms with van der Waals surface area (Å²) >= 11 is 4.98. The molecule has 1 N–H and O–H groups in total. The Kier molecular flexibility index (Phi) is 5.03. The van der Waals surface area contributed by atoms with E-state index in [2.05, 4.69) is 15.9 Å². The van der Waals surface area contributed by atoms with Crippen LogP contribution in [0.4, 0.5) is 0 Å². The number of ether oxygens (including phenoxy) is 2. The summed E-state index contributed by atoms with van der Waals surface area (Å²) in [5.74, 6) is 0.00378. The van der Waals surface area contributed by atoms with Crippen LogP contribution >= 0.6 is 27.3 Å². The van der Waals surface area contributed by atoms with Crippen LogP contribution in [0.25, 0.3) is 0 Å². The van der Waals surface area contributed by atoms with E-state index in [0.29, 0.717) is 24.7 Å². The summed E-state index contributed by atoms with van der Waals surface area (Å²) in [5, 5.41) is 11.0. The largest absolute Gasteiger partial charge is 0.490 e. The van der Waals surface area contributed by atoms with Crippen LogP contribution in [-0.4, -0.2) is 17.7 Å². The summed E-state index contributed by atoms with van der Waals surface area (Å²) in [7, 11) is 0. The molecule has 0 bridgehead atoms. The predicted molar refractivity (Wildman–Crippen MR) is 80.9 cm³/mol. The van der Waals surface area contributed by atoms with Crippen molar-refractivity contribution in [1.82, 2.24) is 0 Å². The zero-order valence-electron chi connectivity index (χ0n) is 10.8. The third-order valence-corrected chi connectivity index (χ3v) is 4.15. The fourth-order valence-corrected chi connectivity index (χ4v) is 2.97. The Morgan fingerprint density at radius 3 is 2.70 bits per heavy atom. The molecule has 20 heavy (non-hydrogen) atoms. The Morgan fingerprint density at radius 2 is 2.10 bits per heavy atom. The van der Waals surface area contributed by atoms with Gasteiger partial charge in [0.1, 0.15) is 6.61 Å². The minimum Gasteiger partial charge on any atom is -0.490 e. The van der Waals surface area contributed by atoms with E-state index in [9.17, 15) is 4.79 Å². The third-order valence-electron chi connectivity index (χ3n) is 2.48. The molecular weight excluding hydrogens is 344 g/mol. The van der Waals surface area contributed by atoms with Gasteiger partial charge in [0.15, 0.2) is 11.5 Å². The fraction of sp³-hybridized carbons (Fsp3) is 0.214. The quantitative estimate of drug-likeness (QED) is 0.843. The van der Waals surface area contributed by atoms with Crippen LogP contribution < -0.4 is 9.47 Å². The van der Waals surface area contributed by atoms with Crippen LogP contribution in [0.2, 0.25) is 0 Å². The summed E-state index contributed by atoms with van der Waals surface area (Å²) in [4.78, 5) is 12.0. The summed E-state index contributed by atoms with van der Waals surface area (Å²) in [6.07, 6.45) is 0. The smallest absolute Gasteiger partial charge is 0.335 e. The Hall–Kier alpha value is -1.53. The molecule has 0 amide bonds. The highest BCUT2D eigenvalue weighted by atomic mass is 79.9. The topological polar surface area (TPSA) is 55.8 Å². The van der Waals surface area contributed by atoms with Gasteiger partial charge in [0, 0.05) is 14.7 Å². The minimum atomic E-state index is -0.986. The molecule has 1 heterocycles. The summed E-state index contributed by atoms with van der Waals surface area (Å²) in [6, 6.07) is 6.59. The number of hydrogen-bond donors (Lipinski definition) is 1. The molecule has 0 saturated carbocycles. The van der Waals surface area contributed by atoms with E-state index in [1.165, 1.54) is 12.1 Å². The molecule has 2 rings (SSSR count). The maximum Gasteiger partial charge on any atom is 0.335 e.